The Morgan fingerprint density at radius 1 is 1.22 bits per heavy atom. The van der Waals surface area contributed by atoms with Crippen molar-refractivity contribution < 1.29 is 23.1 Å². The van der Waals surface area contributed by atoms with Gasteiger partial charge in [-0.15, -0.1) is 11.3 Å². The van der Waals surface area contributed by atoms with Crippen LogP contribution in [0.3, 0.4) is 0 Å². The first-order chi connectivity index (χ1) is 17.2. The number of nitrogens with two attached hydrogens (primary N) is 1. The van der Waals surface area contributed by atoms with E-state index in [9.17, 15) is 18.3 Å². The number of aliphatic hydroxyl groups excluding tert-OH is 1. The highest BCUT2D eigenvalue weighted by Gasteiger charge is 2.23. The largest absolute Gasteiger partial charge is 0.496 e. The number of methoxy groups -OCH3 is 1. The monoisotopic (exact) mass is 549 g/mol. The number of aliphatic hydroxyl groups is 1. The van der Waals surface area contributed by atoms with Gasteiger partial charge in [0.2, 0.25) is 5.91 Å². The smallest absolute Gasteiger partial charge is 0.272 e. The predicted octanol–water partition coefficient (Wildman–Crippen LogP) is 2.54. The lowest BCUT2D eigenvalue weighted by Crippen LogP contribution is -2.43. The molecule has 0 spiro atoms. The first-order valence-corrected chi connectivity index (χ1v) is 13.4. The van der Waals surface area contributed by atoms with Crippen molar-refractivity contribution in [2.45, 2.75) is 23.3 Å². The van der Waals surface area contributed by atoms with E-state index in [2.05, 4.69) is 15.1 Å². The quantitative estimate of drug-likeness (QED) is 0.224. The number of primary amides is 1. The Bertz CT molecular complexity index is 1500. The lowest BCUT2D eigenvalue weighted by molar-refractivity contribution is -0.120. The standard InChI is InChI=1S/C23H24ClN5O5S2/c1-34-18-7-3-6-17-21(18)23(28-36(32,33)20-9-8-19(24)35-20)27-29(17)12-15-5-2-4-14(10-15)11-26-16(13-30)22(25)31/h2-10,16,26,30H,11-13H2,1H3,(H2,25,31)(H,27,28)/t16-/m1/s1. The minimum atomic E-state index is -3.91. The Morgan fingerprint density at radius 2 is 1.97 bits per heavy atom. The highest BCUT2D eigenvalue weighted by molar-refractivity contribution is 7.94. The molecule has 4 rings (SSSR count). The number of amides is 1. The van der Waals surface area contributed by atoms with Crippen LogP contribution in [-0.2, 0) is 27.9 Å². The van der Waals surface area contributed by atoms with E-state index in [1.165, 1.54) is 19.2 Å². The first-order valence-electron chi connectivity index (χ1n) is 10.7. The molecular weight excluding hydrogens is 526 g/mol. The van der Waals surface area contributed by atoms with Crippen LogP contribution in [0.4, 0.5) is 5.82 Å². The molecule has 0 saturated carbocycles. The fourth-order valence-electron chi connectivity index (χ4n) is 3.69. The van der Waals surface area contributed by atoms with Gasteiger partial charge >= 0.3 is 0 Å². The lowest BCUT2D eigenvalue weighted by atomic mass is 10.1. The number of carbonyl (C=O) groups is 1. The molecule has 0 fully saturated rings. The molecule has 1 amide bonds. The summed E-state index contributed by atoms with van der Waals surface area (Å²) in [5, 5.41) is 17.3. The van der Waals surface area contributed by atoms with Gasteiger partial charge in [0, 0.05) is 6.54 Å². The third-order valence-corrected chi connectivity index (χ3v) is 8.47. The average molecular weight is 550 g/mol. The van der Waals surface area contributed by atoms with E-state index in [4.69, 9.17) is 22.1 Å². The third-order valence-electron chi connectivity index (χ3n) is 5.41. The van der Waals surface area contributed by atoms with Crippen molar-refractivity contribution in [1.29, 1.82) is 0 Å². The van der Waals surface area contributed by atoms with E-state index in [-0.39, 0.29) is 10.0 Å². The maximum absolute atomic E-state index is 13.0. The van der Waals surface area contributed by atoms with Crippen LogP contribution >= 0.6 is 22.9 Å². The molecule has 0 unspecified atom stereocenters. The SMILES string of the molecule is COc1cccc2c1c(NS(=O)(=O)c1ccc(Cl)s1)nn2Cc1cccc(CN[C@H](CO)C(N)=O)c1. The molecule has 36 heavy (non-hydrogen) atoms. The van der Waals surface area contributed by atoms with Gasteiger partial charge in [-0.05, 0) is 35.4 Å². The number of carbonyl (C=O) groups excluding carboxylic acids is 1. The number of thiophene rings is 1. The molecule has 1 atom stereocenters. The maximum atomic E-state index is 13.0. The number of nitrogens with one attached hydrogen (secondary N) is 2. The highest BCUT2D eigenvalue weighted by Crippen LogP contribution is 2.35. The Balaban J connectivity index is 1.65. The molecular formula is C23H24ClN5O5S2. The molecule has 0 aliphatic carbocycles. The summed E-state index contributed by atoms with van der Waals surface area (Å²) in [6.07, 6.45) is 0. The molecule has 0 aliphatic rings. The number of nitrogens with zero attached hydrogens (tertiary/aromatic N) is 2. The van der Waals surface area contributed by atoms with Crippen molar-refractivity contribution in [2.75, 3.05) is 18.4 Å². The van der Waals surface area contributed by atoms with Crippen LogP contribution in [-0.4, -0.2) is 49.0 Å². The molecule has 13 heteroatoms. The zero-order valence-corrected chi connectivity index (χ0v) is 21.5. The van der Waals surface area contributed by atoms with Crippen molar-refractivity contribution in [3.63, 3.8) is 0 Å². The van der Waals surface area contributed by atoms with Gasteiger partial charge in [0.1, 0.15) is 16.0 Å². The van der Waals surface area contributed by atoms with E-state index in [1.54, 1.807) is 16.8 Å². The second-order valence-corrected chi connectivity index (χ2v) is 11.5. The molecule has 5 N–H and O–H groups in total. The van der Waals surface area contributed by atoms with Gasteiger partial charge in [-0.3, -0.25) is 19.5 Å². The number of halogens is 1. The molecule has 2 heterocycles. The van der Waals surface area contributed by atoms with E-state index in [0.717, 1.165) is 22.5 Å². The summed E-state index contributed by atoms with van der Waals surface area (Å²) in [7, 11) is -2.41. The number of anilines is 1. The van der Waals surface area contributed by atoms with Crippen molar-refractivity contribution in [3.8, 4) is 5.75 Å². The molecule has 2 aromatic heterocycles. The van der Waals surface area contributed by atoms with Crippen LogP contribution in [0.1, 0.15) is 11.1 Å². The zero-order valence-electron chi connectivity index (χ0n) is 19.1. The topological polar surface area (TPSA) is 149 Å². The number of hydrogen-bond acceptors (Lipinski definition) is 8. The summed E-state index contributed by atoms with van der Waals surface area (Å²) in [4.78, 5) is 11.4. The molecule has 0 saturated heterocycles. The molecule has 10 nitrogen and oxygen atoms in total. The van der Waals surface area contributed by atoms with Crippen molar-refractivity contribution in [2.24, 2.45) is 5.73 Å². The van der Waals surface area contributed by atoms with E-state index < -0.39 is 28.6 Å². The molecule has 0 aliphatic heterocycles. The van der Waals surface area contributed by atoms with E-state index >= 15 is 0 Å². The molecule has 190 valence electrons. The number of hydrogen-bond donors (Lipinski definition) is 4. The number of fused-ring (bicyclic) bond motifs is 1. The van der Waals surface area contributed by atoms with Gasteiger partial charge in [-0.25, -0.2) is 8.42 Å². The van der Waals surface area contributed by atoms with Crippen LogP contribution in [0.5, 0.6) is 5.75 Å². The highest BCUT2D eigenvalue weighted by atomic mass is 35.5. The Labute approximate surface area is 216 Å². The fraction of sp³-hybridized carbons (Fsp3) is 0.217. The number of aromatic nitrogens is 2. The van der Waals surface area contributed by atoms with Crippen LogP contribution in [0, 0.1) is 0 Å². The molecule has 2 aromatic carbocycles. The van der Waals surface area contributed by atoms with Gasteiger partial charge in [0.25, 0.3) is 10.0 Å². The number of sulfonamides is 1. The van der Waals surface area contributed by atoms with Gasteiger partial charge in [-0.2, -0.15) is 5.10 Å². The number of benzene rings is 2. The minimum absolute atomic E-state index is 0.0717. The second kappa shape index (κ2) is 10.8. The van der Waals surface area contributed by atoms with Gasteiger partial charge in [0.15, 0.2) is 5.82 Å². The summed E-state index contributed by atoms with van der Waals surface area (Å²) in [5.74, 6) is -0.0254. The first kappa shape index (κ1) is 25.9. The lowest BCUT2D eigenvalue weighted by Gasteiger charge is -2.13. The van der Waals surface area contributed by atoms with Crippen LogP contribution in [0.2, 0.25) is 4.34 Å². The number of rotatable bonds is 11. The molecule has 0 bridgehead atoms. The summed E-state index contributed by atoms with van der Waals surface area (Å²) < 4.78 is 36.1. The summed E-state index contributed by atoms with van der Waals surface area (Å²) in [6.45, 7) is 0.264. The minimum Gasteiger partial charge on any atom is -0.496 e. The molecule has 4 aromatic rings. The Kier molecular flexibility index (Phi) is 7.81. The Hall–Kier alpha value is -3.16. The normalized spacial score (nSPS) is 12.5. The predicted molar refractivity (Wildman–Crippen MR) is 139 cm³/mol. The third kappa shape index (κ3) is 5.63. The summed E-state index contributed by atoms with van der Waals surface area (Å²) >= 11 is 6.88. The van der Waals surface area contributed by atoms with Crippen molar-refractivity contribution in [3.05, 3.63) is 70.1 Å². The van der Waals surface area contributed by atoms with Crippen LogP contribution in [0.15, 0.2) is 58.8 Å². The van der Waals surface area contributed by atoms with E-state index in [1.807, 2.05) is 30.3 Å². The zero-order chi connectivity index (χ0) is 25.9. The van der Waals surface area contributed by atoms with Gasteiger partial charge in [0.05, 0.1) is 35.5 Å². The second-order valence-electron chi connectivity index (χ2n) is 7.86. The summed E-state index contributed by atoms with van der Waals surface area (Å²) in [5.41, 5.74) is 7.70. The van der Waals surface area contributed by atoms with Crippen LogP contribution in [0.25, 0.3) is 10.9 Å². The average Bonchev–Trinajstić information content (AvgIpc) is 3.43. The van der Waals surface area contributed by atoms with Gasteiger partial charge < -0.3 is 15.6 Å². The van der Waals surface area contributed by atoms with Crippen molar-refractivity contribution >= 4 is 55.6 Å². The van der Waals surface area contributed by atoms with Crippen molar-refractivity contribution in [1.82, 2.24) is 15.1 Å². The fourth-order valence-corrected chi connectivity index (χ4v) is 6.18. The van der Waals surface area contributed by atoms with Gasteiger partial charge in [-0.1, -0.05) is 41.9 Å². The number of ether oxygens (including phenoxy) is 1. The maximum Gasteiger partial charge on any atom is 0.272 e. The van der Waals surface area contributed by atoms with E-state index in [0.29, 0.717) is 34.1 Å². The molecule has 0 radical (unpaired) electrons. The van der Waals surface area contributed by atoms with Crippen LogP contribution < -0.4 is 20.5 Å². The summed E-state index contributed by atoms with van der Waals surface area (Å²) in [6, 6.07) is 15.0. The Morgan fingerprint density at radius 3 is 2.64 bits per heavy atom.